The number of hydrogen-bond donors (Lipinski definition) is 1. The second kappa shape index (κ2) is 3.94. The third-order valence-electron chi connectivity index (χ3n) is 3.66. The summed E-state index contributed by atoms with van der Waals surface area (Å²) in [5, 5.41) is 0.814. The highest BCUT2D eigenvalue weighted by atomic mass is 35.5. The molecule has 1 unspecified atom stereocenters. The lowest BCUT2D eigenvalue weighted by Gasteiger charge is -2.22. The molecule has 1 aromatic carbocycles. The molecule has 1 aromatic rings. The van der Waals surface area contributed by atoms with E-state index in [0.717, 1.165) is 10.7 Å². The normalized spacial score (nSPS) is 19.3. The van der Waals surface area contributed by atoms with Crippen LogP contribution in [-0.4, -0.2) is 20.1 Å². The number of benzene rings is 1. The summed E-state index contributed by atoms with van der Waals surface area (Å²) in [5.74, 6) is 0. The maximum absolute atomic E-state index is 6.28. The van der Waals surface area contributed by atoms with Crippen LogP contribution >= 0.6 is 11.6 Å². The molecular weight excluding hydrogens is 220 g/mol. The lowest BCUT2D eigenvalue weighted by Crippen LogP contribution is -2.31. The molecule has 1 aliphatic rings. The Morgan fingerprint density at radius 1 is 1.38 bits per heavy atom. The van der Waals surface area contributed by atoms with Crippen LogP contribution in [0.1, 0.15) is 25.3 Å². The van der Waals surface area contributed by atoms with Gasteiger partial charge in [0.05, 0.1) is 10.7 Å². The minimum atomic E-state index is 0.189. The molecule has 1 atom stereocenters. The first-order valence-electron chi connectivity index (χ1n) is 5.70. The first-order valence-corrected chi connectivity index (χ1v) is 6.08. The van der Waals surface area contributed by atoms with Crippen molar-refractivity contribution in [2.24, 2.45) is 5.73 Å². The molecular formula is C13H19ClN2. The molecule has 1 aliphatic carbocycles. The Hall–Kier alpha value is -0.730. The van der Waals surface area contributed by atoms with Gasteiger partial charge >= 0.3 is 0 Å². The fourth-order valence-electron chi connectivity index (χ4n) is 2.32. The second-order valence-corrected chi connectivity index (χ2v) is 5.41. The Morgan fingerprint density at radius 2 is 2.00 bits per heavy atom. The predicted octanol–water partition coefficient (Wildman–Crippen LogP) is 2.78. The molecule has 2 nitrogen and oxygen atoms in total. The summed E-state index contributed by atoms with van der Waals surface area (Å²) >= 11 is 6.28. The number of halogens is 1. The van der Waals surface area contributed by atoms with Gasteiger partial charge in [-0.15, -0.1) is 0 Å². The van der Waals surface area contributed by atoms with Crippen LogP contribution in [0.5, 0.6) is 0 Å². The van der Waals surface area contributed by atoms with Crippen LogP contribution in [0.4, 0.5) is 5.69 Å². The Morgan fingerprint density at radius 3 is 2.38 bits per heavy atom. The number of anilines is 1. The van der Waals surface area contributed by atoms with E-state index in [2.05, 4.69) is 25.1 Å². The van der Waals surface area contributed by atoms with Crippen molar-refractivity contribution in [3.05, 3.63) is 28.8 Å². The smallest absolute Gasteiger partial charge is 0.0642 e. The summed E-state index contributed by atoms with van der Waals surface area (Å²) in [7, 11) is 4.00. The summed E-state index contributed by atoms with van der Waals surface area (Å²) in [6.45, 7) is 2.08. The quantitative estimate of drug-likeness (QED) is 0.878. The summed E-state index contributed by atoms with van der Waals surface area (Å²) in [5.41, 5.74) is 8.60. The molecule has 0 aliphatic heterocycles. The fraction of sp³-hybridized carbons (Fsp3) is 0.538. The van der Waals surface area contributed by atoms with Crippen molar-refractivity contribution >= 4 is 17.3 Å². The van der Waals surface area contributed by atoms with Gasteiger partial charge in [-0.1, -0.05) is 17.7 Å². The van der Waals surface area contributed by atoms with Crippen molar-refractivity contribution in [1.82, 2.24) is 0 Å². The van der Waals surface area contributed by atoms with Crippen LogP contribution in [0.25, 0.3) is 0 Å². The highest BCUT2D eigenvalue weighted by molar-refractivity contribution is 6.33. The third kappa shape index (κ3) is 1.80. The molecule has 0 amide bonds. The van der Waals surface area contributed by atoms with E-state index >= 15 is 0 Å². The Labute approximate surface area is 102 Å². The van der Waals surface area contributed by atoms with Gasteiger partial charge in [-0.25, -0.2) is 0 Å². The standard InChI is InChI=1S/C13H19ClN2/c1-9(15)13(6-7-13)10-4-5-12(16(2)3)11(14)8-10/h4-5,8-9H,6-7,15H2,1-3H3. The number of rotatable bonds is 3. The van der Waals surface area contributed by atoms with Crippen LogP contribution in [0, 0.1) is 0 Å². The van der Waals surface area contributed by atoms with E-state index in [1.165, 1.54) is 18.4 Å². The van der Waals surface area contributed by atoms with Gasteiger partial charge in [0.1, 0.15) is 0 Å². The van der Waals surface area contributed by atoms with E-state index in [4.69, 9.17) is 17.3 Å². The molecule has 16 heavy (non-hydrogen) atoms. The van der Waals surface area contributed by atoms with E-state index in [1.54, 1.807) is 0 Å². The van der Waals surface area contributed by atoms with Crippen LogP contribution in [0.15, 0.2) is 18.2 Å². The van der Waals surface area contributed by atoms with Gasteiger partial charge < -0.3 is 10.6 Å². The number of nitrogens with zero attached hydrogens (tertiary/aromatic N) is 1. The first-order chi connectivity index (χ1) is 7.47. The Kier molecular flexibility index (Phi) is 2.89. The van der Waals surface area contributed by atoms with E-state index in [9.17, 15) is 0 Å². The van der Waals surface area contributed by atoms with Gasteiger partial charge in [-0.05, 0) is 37.5 Å². The molecule has 0 radical (unpaired) electrons. The molecule has 1 saturated carbocycles. The van der Waals surface area contributed by atoms with Crippen molar-refractivity contribution in [3.8, 4) is 0 Å². The van der Waals surface area contributed by atoms with Crippen LogP contribution < -0.4 is 10.6 Å². The average Bonchev–Trinajstić information content (AvgIpc) is 2.97. The highest BCUT2D eigenvalue weighted by Crippen LogP contribution is 2.51. The zero-order valence-corrected chi connectivity index (χ0v) is 10.9. The highest BCUT2D eigenvalue weighted by Gasteiger charge is 2.47. The van der Waals surface area contributed by atoms with E-state index in [0.29, 0.717) is 0 Å². The van der Waals surface area contributed by atoms with Gasteiger partial charge in [-0.2, -0.15) is 0 Å². The molecule has 3 heteroatoms. The zero-order valence-electron chi connectivity index (χ0n) is 10.1. The molecule has 0 saturated heterocycles. The number of nitrogens with two attached hydrogens (primary N) is 1. The minimum Gasteiger partial charge on any atom is -0.376 e. The van der Waals surface area contributed by atoms with E-state index in [-0.39, 0.29) is 11.5 Å². The lowest BCUT2D eigenvalue weighted by molar-refractivity contribution is 0.557. The second-order valence-electron chi connectivity index (χ2n) is 5.01. The van der Waals surface area contributed by atoms with Gasteiger partial charge in [0, 0.05) is 25.6 Å². The maximum atomic E-state index is 6.28. The van der Waals surface area contributed by atoms with Gasteiger partial charge in [0.15, 0.2) is 0 Å². The van der Waals surface area contributed by atoms with Crippen LogP contribution in [0.2, 0.25) is 5.02 Å². The van der Waals surface area contributed by atoms with Crippen LogP contribution in [0.3, 0.4) is 0 Å². The minimum absolute atomic E-state index is 0.189. The van der Waals surface area contributed by atoms with Crippen molar-refractivity contribution in [2.75, 3.05) is 19.0 Å². The maximum Gasteiger partial charge on any atom is 0.0642 e. The summed E-state index contributed by atoms with van der Waals surface area (Å²) in [6.07, 6.45) is 2.37. The van der Waals surface area contributed by atoms with Crippen LogP contribution in [-0.2, 0) is 5.41 Å². The first kappa shape index (κ1) is 11.7. The molecule has 0 spiro atoms. The topological polar surface area (TPSA) is 29.3 Å². The SMILES string of the molecule is CC(N)C1(c2ccc(N(C)C)c(Cl)c2)CC1. The van der Waals surface area contributed by atoms with Crippen molar-refractivity contribution in [1.29, 1.82) is 0 Å². The Bertz CT molecular complexity index is 395. The van der Waals surface area contributed by atoms with E-state index in [1.807, 2.05) is 19.0 Å². The largest absolute Gasteiger partial charge is 0.376 e. The molecule has 2 rings (SSSR count). The van der Waals surface area contributed by atoms with Crippen molar-refractivity contribution < 1.29 is 0 Å². The van der Waals surface area contributed by atoms with Gasteiger partial charge in [-0.3, -0.25) is 0 Å². The lowest BCUT2D eigenvalue weighted by atomic mass is 9.89. The molecule has 88 valence electrons. The summed E-state index contributed by atoms with van der Waals surface area (Å²) in [6, 6.07) is 6.53. The van der Waals surface area contributed by atoms with Gasteiger partial charge in [0.2, 0.25) is 0 Å². The molecule has 0 aromatic heterocycles. The monoisotopic (exact) mass is 238 g/mol. The molecule has 0 heterocycles. The number of hydrogen-bond acceptors (Lipinski definition) is 2. The predicted molar refractivity (Wildman–Crippen MR) is 70.3 cm³/mol. The van der Waals surface area contributed by atoms with E-state index < -0.39 is 0 Å². The summed E-state index contributed by atoms with van der Waals surface area (Å²) in [4.78, 5) is 2.03. The molecule has 0 bridgehead atoms. The third-order valence-corrected chi connectivity index (χ3v) is 3.97. The van der Waals surface area contributed by atoms with Crippen molar-refractivity contribution in [2.45, 2.75) is 31.2 Å². The molecule has 2 N–H and O–H groups in total. The fourth-order valence-corrected chi connectivity index (χ4v) is 2.67. The molecule has 1 fully saturated rings. The van der Waals surface area contributed by atoms with Crippen molar-refractivity contribution in [3.63, 3.8) is 0 Å². The van der Waals surface area contributed by atoms with Gasteiger partial charge in [0.25, 0.3) is 0 Å². The Balaban J connectivity index is 2.35. The zero-order chi connectivity index (χ0) is 11.9. The summed E-state index contributed by atoms with van der Waals surface area (Å²) < 4.78 is 0. The average molecular weight is 239 g/mol.